The van der Waals surface area contributed by atoms with Crippen LogP contribution in [0.2, 0.25) is 0 Å². The molecular weight excluding hydrogens is 282 g/mol. The molecule has 1 atom stereocenters. The van der Waals surface area contributed by atoms with Crippen molar-refractivity contribution in [3.63, 3.8) is 0 Å². The zero-order valence-corrected chi connectivity index (χ0v) is 12.9. The fourth-order valence-corrected chi connectivity index (χ4v) is 2.45. The minimum atomic E-state index is -0.586. The SMILES string of the molecule is CC(=O)N1CCN(C(=O)C(C)NC(=O)c2ccccc2)CC1. The molecular formula is C16H21N3O3. The summed E-state index contributed by atoms with van der Waals surface area (Å²) in [6.07, 6.45) is 0. The van der Waals surface area contributed by atoms with Crippen molar-refractivity contribution in [3.05, 3.63) is 35.9 Å². The number of carbonyl (C=O) groups excluding carboxylic acids is 3. The van der Waals surface area contributed by atoms with E-state index < -0.39 is 6.04 Å². The highest BCUT2D eigenvalue weighted by Crippen LogP contribution is 2.05. The van der Waals surface area contributed by atoms with Crippen molar-refractivity contribution >= 4 is 17.7 Å². The van der Waals surface area contributed by atoms with Gasteiger partial charge in [0.15, 0.2) is 0 Å². The van der Waals surface area contributed by atoms with E-state index >= 15 is 0 Å². The monoisotopic (exact) mass is 303 g/mol. The van der Waals surface area contributed by atoms with Gasteiger partial charge in [0.1, 0.15) is 6.04 Å². The van der Waals surface area contributed by atoms with Crippen molar-refractivity contribution in [2.24, 2.45) is 0 Å². The lowest BCUT2D eigenvalue weighted by molar-refractivity contribution is -0.139. The van der Waals surface area contributed by atoms with Crippen molar-refractivity contribution in [3.8, 4) is 0 Å². The van der Waals surface area contributed by atoms with Gasteiger partial charge in [-0.25, -0.2) is 0 Å². The van der Waals surface area contributed by atoms with Crippen LogP contribution >= 0.6 is 0 Å². The molecule has 118 valence electrons. The van der Waals surface area contributed by atoms with Gasteiger partial charge < -0.3 is 15.1 Å². The molecule has 22 heavy (non-hydrogen) atoms. The number of carbonyl (C=O) groups is 3. The predicted octanol–water partition coefficient (Wildman–Crippen LogP) is 0.496. The molecule has 3 amide bonds. The lowest BCUT2D eigenvalue weighted by atomic mass is 10.2. The van der Waals surface area contributed by atoms with E-state index in [9.17, 15) is 14.4 Å². The molecule has 0 bridgehead atoms. The highest BCUT2D eigenvalue weighted by molar-refractivity contribution is 5.97. The van der Waals surface area contributed by atoms with Gasteiger partial charge in [0, 0.05) is 38.7 Å². The summed E-state index contributed by atoms with van der Waals surface area (Å²) >= 11 is 0. The Morgan fingerprint density at radius 3 is 2.09 bits per heavy atom. The molecule has 2 rings (SSSR count). The average molecular weight is 303 g/mol. The lowest BCUT2D eigenvalue weighted by Gasteiger charge is -2.35. The Balaban J connectivity index is 1.88. The first-order valence-electron chi connectivity index (χ1n) is 7.39. The first kappa shape index (κ1) is 16.0. The number of piperazine rings is 1. The standard InChI is InChI=1S/C16H21N3O3/c1-12(17-15(21)14-6-4-3-5-7-14)16(22)19-10-8-18(9-11-19)13(2)20/h3-7,12H,8-11H2,1-2H3,(H,17,21). The summed E-state index contributed by atoms with van der Waals surface area (Å²) in [7, 11) is 0. The van der Waals surface area contributed by atoms with Crippen LogP contribution in [0.25, 0.3) is 0 Å². The molecule has 1 aliphatic heterocycles. The fraction of sp³-hybridized carbons (Fsp3) is 0.438. The molecule has 1 aromatic rings. The second kappa shape index (κ2) is 7.06. The number of hydrogen-bond donors (Lipinski definition) is 1. The molecule has 1 fully saturated rings. The Labute approximate surface area is 130 Å². The van der Waals surface area contributed by atoms with Crippen molar-refractivity contribution in [2.45, 2.75) is 19.9 Å². The zero-order valence-electron chi connectivity index (χ0n) is 12.9. The minimum Gasteiger partial charge on any atom is -0.341 e. The van der Waals surface area contributed by atoms with E-state index in [0.717, 1.165) is 0 Å². The normalized spacial score (nSPS) is 16.1. The molecule has 0 radical (unpaired) electrons. The van der Waals surface area contributed by atoms with E-state index in [1.165, 1.54) is 6.92 Å². The summed E-state index contributed by atoms with van der Waals surface area (Å²) in [6.45, 7) is 5.30. The van der Waals surface area contributed by atoms with E-state index in [1.807, 2.05) is 6.07 Å². The molecule has 6 heteroatoms. The van der Waals surface area contributed by atoms with Crippen LogP contribution < -0.4 is 5.32 Å². The Bertz CT molecular complexity index is 551. The van der Waals surface area contributed by atoms with Gasteiger partial charge in [0.2, 0.25) is 11.8 Å². The van der Waals surface area contributed by atoms with E-state index in [0.29, 0.717) is 31.7 Å². The molecule has 0 aliphatic carbocycles. The molecule has 0 aromatic heterocycles. The van der Waals surface area contributed by atoms with Crippen LogP contribution in [-0.4, -0.2) is 59.7 Å². The largest absolute Gasteiger partial charge is 0.341 e. The number of benzene rings is 1. The van der Waals surface area contributed by atoms with Gasteiger partial charge in [0.05, 0.1) is 0 Å². The first-order valence-corrected chi connectivity index (χ1v) is 7.39. The molecule has 0 saturated carbocycles. The highest BCUT2D eigenvalue weighted by atomic mass is 16.2. The van der Waals surface area contributed by atoms with Gasteiger partial charge in [-0.15, -0.1) is 0 Å². The quantitative estimate of drug-likeness (QED) is 0.884. The van der Waals surface area contributed by atoms with Gasteiger partial charge in [-0.05, 0) is 19.1 Å². The summed E-state index contributed by atoms with van der Waals surface area (Å²) in [5.41, 5.74) is 0.531. The van der Waals surface area contributed by atoms with Crippen molar-refractivity contribution in [1.29, 1.82) is 0 Å². The Morgan fingerprint density at radius 2 is 1.55 bits per heavy atom. The van der Waals surface area contributed by atoms with E-state index in [-0.39, 0.29) is 17.7 Å². The molecule has 0 spiro atoms. The van der Waals surface area contributed by atoms with Crippen molar-refractivity contribution in [1.82, 2.24) is 15.1 Å². The summed E-state index contributed by atoms with van der Waals surface area (Å²) in [5, 5.41) is 2.72. The number of hydrogen-bond acceptors (Lipinski definition) is 3. The van der Waals surface area contributed by atoms with Crippen LogP contribution in [0.3, 0.4) is 0 Å². The smallest absolute Gasteiger partial charge is 0.251 e. The van der Waals surface area contributed by atoms with Crippen LogP contribution in [-0.2, 0) is 9.59 Å². The molecule has 1 saturated heterocycles. The van der Waals surface area contributed by atoms with Crippen LogP contribution in [0, 0.1) is 0 Å². The second-order valence-electron chi connectivity index (χ2n) is 5.39. The Hall–Kier alpha value is -2.37. The van der Waals surface area contributed by atoms with Crippen LogP contribution in [0.1, 0.15) is 24.2 Å². The van der Waals surface area contributed by atoms with Gasteiger partial charge in [-0.1, -0.05) is 18.2 Å². The Morgan fingerprint density at radius 1 is 1.00 bits per heavy atom. The van der Waals surface area contributed by atoms with Crippen molar-refractivity contribution < 1.29 is 14.4 Å². The molecule has 1 heterocycles. The zero-order chi connectivity index (χ0) is 16.1. The summed E-state index contributed by atoms with van der Waals surface area (Å²) < 4.78 is 0. The maximum atomic E-state index is 12.3. The van der Waals surface area contributed by atoms with Gasteiger partial charge in [-0.3, -0.25) is 14.4 Å². The van der Waals surface area contributed by atoms with Gasteiger partial charge in [-0.2, -0.15) is 0 Å². The molecule has 1 N–H and O–H groups in total. The summed E-state index contributed by atoms with van der Waals surface area (Å²) in [5.74, 6) is -0.353. The van der Waals surface area contributed by atoms with Crippen LogP contribution in [0.15, 0.2) is 30.3 Å². The maximum Gasteiger partial charge on any atom is 0.251 e. The number of nitrogens with one attached hydrogen (secondary N) is 1. The topological polar surface area (TPSA) is 69.7 Å². The molecule has 1 aromatic carbocycles. The molecule has 1 unspecified atom stereocenters. The minimum absolute atomic E-state index is 0.0255. The number of amides is 3. The molecule has 6 nitrogen and oxygen atoms in total. The Kier molecular flexibility index (Phi) is 5.14. The predicted molar refractivity (Wildman–Crippen MR) is 82.2 cm³/mol. The van der Waals surface area contributed by atoms with E-state index in [4.69, 9.17) is 0 Å². The van der Waals surface area contributed by atoms with E-state index in [2.05, 4.69) is 5.32 Å². The van der Waals surface area contributed by atoms with Gasteiger partial charge >= 0.3 is 0 Å². The fourth-order valence-electron chi connectivity index (χ4n) is 2.45. The third-order valence-electron chi connectivity index (χ3n) is 3.79. The molecule has 1 aliphatic rings. The first-order chi connectivity index (χ1) is 10.5. The summed E-state index contributed by atoms with van der Waals surface area (Å²) in [6, 6.07) is 8.22. The van der Waals surface area contributed by atoms with E-state index in [1.54, 1.807) is 41.0 Å². The maximum absolute atomic E-state index is 12.3. The number of rotatable bonds is 3. The number of nitrogens with zero attached hydrogens (tertiary/aromatic N) is 2. The summed E-state index contributed by atoms with van der Waals surface area (Å²) in [4.78, 5) is 39.1. The van der Waals surface area contributed by atoms with Crippen molar-refractivity contribution in [2.75, 3.05) is 26.2 Å². The average Bonchev–Trinajstić information content (AvgIpc) is 2.55. The van der Waals surface area contributed by atoms with Crippen LogP contribution in [0.5, 0.6) is 0 Å². The van der Waals surface area contributed by atoms with Gasteiger partial charge in [0.25, 0.3) is 5.91 Å². The third kappa shape index (κ3) is 3.84. The lowest BCUT2D eigenvalue weighted by Crippen LogP contribution is -2.54. The third-order valence-corrected chi connectivity index (χ3v) is 3.79. The van der Waals surface area contributed by atoms with Crippen LogP contribution in [0.4, 0.5) is 0 Å². The second-order valence-corrected chi connectivity index (χ2v) is 5.39. The highest BCUT2D eigenvalue weighted by Gasteiger charge is 2.26.